The normalized spacial score (nSPS) is 19.3. The minimum atomic E-state index is -1.05. The van der Waals surface area contributed by atoms with Crippen molar-refractivity contribution in [2.24, 2.45) is 5.92 Å². The molecule has 0 spiro atoms. The van der Waals surface area contributed by atoms with Gasteiger partial charge in [0.05, 0.1) is 0 Å². The largest absolute Gasteiger partial charge is 0.480 e. The Morgan fingerprint density at radius 3 is 2.62 bits per heavy atom. The minimum absolute atomic E-state index is 0.0517. The number of amides is 2. The van der Waals surface area contributed by atoms with Crippen LogP contribution in [-0.2, 0) is 11.2 Å². The van der Waals surface area contributed by atoms with Gasteiger partial charge in [0.25, 0.3) is 0 Å². The van der Waals surface area contributed by atoms with Crippen LogP contribution in [0.1, 0.15) is 12.0 Å². The van der Waals surface area contributed by atoms with Crippen LogP contribution >= 0.6 is 0 Å². The van der Waals surface area contributed by atoms with Gasteiger partial charge in [-0.1, -0.05) is 30.3 Å². The molecule has 6 nitrogen and oxygen atoms in total. The first-order valence-electron chi connectivity index (χ1n) is 7.03. The second-order valence-electron chi connectivity index (χ2n) is 5.31. The van der Waals surface area contributed by atoms with Crippen LogP contribution in [0, 0.1) is 5.92 Å². The SMILES string of the molecule is O=C(O)C(Cc1ccccc1)NC(=O)N1CCC(CO)C1. The average Bonchev–Trinajstić information content (AvgIpc) is 2.96. The van der Waals surface area contributed by atoms with E-state index in [4.69, 9.17) is 5.11 Å². The van der Waals surface area contributed by atoms with Crippen LogP contribution in [0.4, 0.5) is 4.79 Å². The smallest absolute Gasteiger partial charge is 0.326 e. The van der Waals surface area contributed by atoms with E-state index in [2.05, 4.69) is 5.32 Å². The number of urea groups is 1. The van der Waals surface area contributed by atoms with Crippen LogP contribution in [-0.4, -0.2) is 52.9 Å². The van der Waals surface area contributed by atoms with Gasteiger partial charge >= 0.3 is 12.0 Å². The van der Waals surface area contributed by atoms with Crippen molar-refractivity contribution >= 4 is 12.0 Å². The third kappa shape index (κ3) is 4.19. The lowest BCUT2D eigenvalue weighted by Crippen LogP contribution is -2.48. The topological polar surface area (TPSA) is 89.9 Å². The second kappa shape index (κ2) is 7.08. The number of carbonyl (C=O) groups excluding carboxylic acids is 1. The van der Waals surface area contributed by atoms with Gasteiger partial charge in [-0.25, -0.2) is 9.59 Å². The molecule has 21 heavy (non-hydrogen) atoms. The molecule has 0 saturated carbocycles. The number of aliphatic carboxylic acids is 1. The van der Waals surface area contributed by atoms with Gasteiger partial charge in [-0.15, -0.1) is 0 Å². The molecular formula is C15H20N2O4. The van der Waals surface area contributed by atoms with Gasteiger partial charge in [0.2, 0.25) is 0 Å². The molecule has 2 atom stereocenters. The summed E-state index contributed by atoms with van der Waals surface area (Å²) in [4.78, 5) is 24.9. The Kier molecular flexibility index (Phi) is 5.16. The summed E-state index contributed by atoms with van der Waals surface area (Å²) in [5.41, 5.74) is 0.861. The molecule has 1 heterocycles. The first-order chi connectivity index (χ1) is 10.1. The van der Waals surface area contributed by atoms with Gasteiger partial charge in [-0.05, 0) is 12.0 Å². The van der Waals surface area contributed by atoms with Gasteiger partial charge in [-0.3, -0.25) is 0 Å². The molecule has 0 radical (unpaired) electrons. The number of benzene rings is 1. The Balaban J connectivity index is 1.94. The molecule has 2 rings (SSSR count). The molecule has 114 valence electrons. The van der Waals surface area contributed by atoms with E-state index >= 15 is 0 Å². The molecule has 1 aliphatic rings. The fourth-order valence-corrected chi connectivity index (χ4v) is 2.46. The van der Waals surface area contributed by atoms with E-state index in [1.54, 1.807) is 4.90 Å². The average molecular weight is 292 g/mol. The summed E-state index contributed by atoms with van der Waals surface area (Å²) < 4.78 is 0. The Morgan fingerprint density at radius 1 is 1.33 bits per heavy atom. The van der Waals surface area contributed by atoms with E-state index in [1.807, 2.05) is 30.3 Å². The van der Waals surface area contributed by atoms with E-state index in [0.717, 1.165) is 12.0 Å². The summed E-state index contributed by atoms with van der Waals surface area (Å²) in [5, 5.41) is 20.9. The van der Waals surface area contributed by atoms with Crippen LogP contribution in [0.3, 0.4) is 0 Å². The summed E-state index contributed by atoms with van der Waals surface area (Å²) in [5.74, 6) is -0.960. The number of aliphatic hydroxyl groups is 1. The van der Waals surface area contributed by atoms with Crippen LogP contribution in [0.5, 0.6) is 0 Å². The zero-order valence-corrected chi connectivity index (χ0v) is 11.7. The lowest BCUT2D eigenvalue weighted by atomic mass is 10.1. The molecular weight excluding hydrogens is 272 g/mol. The number of rotatable bonds is 5. The number of nitrogens with one attached hydrogen (secondary N) is 1. The van der Waals surface area contributed by atoms with E-state index in [0.29, 0.717) is 13.1 Å². The predicted octanol–water partition coefficient (Wildman–Crippen LogP) is 0.706. The van der Waals surface area contributed by atoms with Crippen molar-refractivity contribution in [2.45, 2.75) is 18.9 Å². The first kappa shape index (κ1) is 15.3. The lowest BCUT2D eigenvalue weighted by molar-refractivity contribution is -0.139. The van der Waals surface area contributed by atoms with Crippen LogP contribution in [0.15, 0.2) is 30.3 Å². The summed E-state index contributed by atoms with van der Waals surface area (Å²) >= 11 is 0. The summed E-state index contributed by atoms with van der Waals surface area (Å²) in [7, 11) is 0. The minimum Gasteiger partial charge on any atom is -0.480 e. The van der Waals surface area contributed by atoms with Crippen LogP contribution < -0.4 is 5.32 Å². The molecule has 1 aliphatic heterocycles. The number of likely N-dealkylation sites (tertiary alicyclic amines) is 1. The summed E-state index contributed by atoms with van der Waals surface area (Å²) in [6, 6.07) is 7.86. The Labute approximate surface area is 123 Å². The maximum atomic E-state index is 12.1. The third-order valence-electron chi connectivity index (χ3n) is 3.71. The highest BCUT2D eigenvalue weighted by Gasteiger charge is 2.28. The number of carboxylic acid groups (broad SMARTS) is 1. The maximum absolute atomic E-state index is 12.1. The fourth-order valence-electron chi connectivity index (χ4n) is 2.46. The van der Waals surface area contributed by atoms with E-state index < -0.39 is 12.0 Å². The van der Waals surface area contributed by atoms with Gasteiger partial charge in [-0.2, -0.15) is 0 Å². The molecule has 0 bridgehead atoms. The van der Waals surface area contributed by atoms with Crippen molar-refractivity contribution in [3.05, 3.63) is 35.9 Å². The zero-order chi connectivity index (χ0) is 15.2. The molecule has 1 aromatic rings. The van der Waals surface area contributed by atoms with E-state index in [-0.39, 0.29) is 25.0 Å². The Bertz CT molecular complexity index is 492. The maximum Gasteiger partial charge on any atom is 0.326 e. The quantitative estimate of drug-likeness (QED) is 0.745. The lowest BCUT2D eigenvalue weighted by Gasteiger charge is -2.21. The highest BCUT2D eigenvalue weighted by atomic mass is 16.4. The molecule has 3 N–H and O–H groups in total. The second-order valence-corrected chi connectivity index (χ2v) is 5.31. The number of carboxylic acids is 1. The molecule has 1 aromatic carbocycles. The molecule has 6 heteroatoms. The number of nitrogens with zero attached hydrogens (tertiary/aromatic N) is 1. The van der Waals surface area contributed by atoms with Crippen molar-refractivity contribution in [1.29, 1.82) is 0 Å². The number of hydrogen-bond acceptors (Lipinski definition) is 3. The Morgan fingerprint density at radius 2 is 2.05 bits per heavy atom. The monoisotopic (exact) mass is 292 g/mol. The van der Waals surface area contributed by atoms with Crippen LogP contribution in [0.2, 0.25) is 0 Å². The highest BCUT2D eigenvalue weighted by Crippen LogP contribution is 2.15. The fraction of sp³-hybridized carbons (Fsp3) is 0.467. The van der Waals surface area contributed by atoms with Crippen molar-refractivity contribution in [2.75, 3.05) is 19.7 Å². The molecule has 1 fully saturated rings. The highest BCUT2D eigenvalue weighted by molar-refractivity contribution is 5.83. The van der Waals surface area contributed by atoms with E-state index in [1.165, 1.54) is 0 Å². The van der Waals surface area contributed by atoms with Gasteiger partial charge in [0, 0.05) is 32.0 Å². The van der Waals surface area contributed by atoms with E-state index in [9.17, 15) is 14.7 Å². The third-order valence-corrected chi connectivity index (χ3v) is 3.71. The standard InChI is InChI=1S/C15H20N2O4/c18-10-12-6-7-17(9-12)15(21)16-13(14(19)20)8-11-4-2-1-3-5-11/h1-5,12-13,18H,6-10H2,(H,16,21)(H,19,20). The summed E-state index contributed by atoms with van der Waals surface area (Å²) in [6.45, 7) is 1.07. The molecule has 0 aliphatic carbocycles. The number of hydrogen-bond donors (Lipinski definition) is 3. The molecule has 2 unspecified atom stereocenters. The van der Waals surface area contributed by atoms with Crippen molar-refractivity contribution in [3.8, 4) is 0 Å². The van der Waals surface area contributed by atoms with Gasteiger partial charge in [0.1, 0.15) is 6.04 Å². The molecule has 2 amide bonds. The van der Waals surface area contributed by atoms with Crippen molar-refractivity contribution in [1.82, 2.24) is 10.2 Å². The number of carbonyl (C=O) groups is 2. The zero-order valence-electron chi connectivity index (χ0n) is 11.7. The van der Waals surface area contributed by atoms with Crippen LogP contribution in [0.25, 0.3) is 0 Å². The first-order valence-corrected chi connectivity index (χ1v) is 7.03. The van der Waals surface area contributed by atoms with Crippen molar-refractivity contribution in [3.63, 3.8) is 0 Å². The van der Waals surface area contributed by atoms with Gasteiger partial charge in [0.15, 0.2) is 0 Å². The predicted molar refractivity (Wildman–Crippen MR) is 76.9 cm³/mol. The summed E-state index contributed by atoms with van der Waals surface area (Å²) in [6.07, 6.45) is 1.000. The molecule has 1 saturated heterocycles. The Hall–Kier alpha value is -2.08. The molecule has 0 aromatic heterocycles. The van der Waals surface area contributed by atoms with Gasteiger partial charge < -0.3 is 20.4 Å². The van der Waals surface area contributed by atoms with Crippen molar-refractivity contribution < 1.29 is 19.8 Å². The number of aliphatic hydroxyl groups excluding tert-OH is 1.